The van der Waals surface area contributed by atoms with Crippen molar-refractivity contribution in [3.05, 3.63) is 71.8 Å². The Bertz CT molecular complexity index is 1410. The van der Waals surface area contributed by atoms with E-state index in [0.29, 0.717) is 12.8 Å². The number of benzene rings is 2. The van der Waals surface area contributed by atoms with Gasteiger partial charge in [-0.05, 0) is 55.6 Å². The minimum Gasteiger partial charge on any atom is -0.453 e. The van der Waals surface area contributed by atoms with Crippen LogP contribution in [0, 0.1) is 16.7 Å². The number of aliphatic hydroxyl groups excluding tert-OH is 1. The molecule has 1 fully saturated rings. The molecule has 5 atom stereocenters. The van der Waals surface area contributed by atoms with Gasteiger partial charge in [0.05, 0.1) is 19.3 Å². The summed E-state index contributed by atoms with van der Waals surface area (Å²) < 4.78 is 10.2. The Hall–Kier alpha value is -4.16. The van der Waals surface area contributed by atoms with Gasteiger partial charge in [-0.1, -0.05) is 95.3 Å². The number of methoxy groups -OCH3 is 1. The minimum atomic E-state index is -1.12. The van der Waals surface area contributed by atoms with Crippen LogP contribution >= 0.6 is 0 Å². The molecule has 0 bridgehead atoms. The summed E-state index contributed by atoms with van der Waals surface area (Å²) in [6.45, 7) is 14.9. The lowest BCUT2D eigenvalue weighted by molar-refractivity contribution is -0.139. The van der Waals surface area contributed by atoms with E-state index in [1.54, 1.807) is 25.8 Å². The van der Waals surface area contributed by atoms with E-state index in [0.717, 1.165) is 11.1 Å². The monoisotopic (exact) mass is 681 g/mol. The van der Waals surface area contributed by atoms with Crippen LogP contribution in [0.5, 0.6) is 0 Å². The number of ether oxygens (including phenoxy) is 2. The molecule has 2 aromatic carbocycles. The first-order valence-corrected chi connectivity index (χ1v) is 16.8. The lowest BCUT2D eigenvalue weighted by Gasteiger charge is -2.51. The fourth-order valence-corrected chi connectivity index (χ4v) is 5.88. The molecule has 1 unspecified atom stereocenters. The summed E-state index contributed by atoms with van der Waals surface area (Å²) in [6.07, 6.45) is -1.63. The zero-order chi connectivity index (χ0) is 36.6. The Balaban J connectivity index is 1.82. The molecule has 270 valence electrons. The van der Waals surface area contributed by atoms with Crippen molar-refractivity contribution in [2.75, 3.05) is 13.7 Å². The Kier molecular flexibility index (Phi) is 13.2. The molecule has 2 aromatic rings. The molecule has 0 aromatic heterocycles. The number of hydrogen-bond donors (Lipinski definition) is 5. The molecule has 0 heterocycles. The van der Waals surface area contributed by atoms with Crippen LogP contribution in [-0.4, -0.2) is 77.6 Å². The highest BCUT2D eigenvalue weighted by Gasteiger charge is 2.53. The van der Waals surface area contributed by atoms with Crippen molar-refractivity contribution in [1.82, 2.24) is 26.4 Å². The Morgan fingerprint density at radius 2 is 1.47 bits per heavy atom. The summed E-state index contributed by atoms with van der Waals surface area (Å²) in [7, 11) is 1.23. The van der Waals surface area contributed by atoms with E-state index < -0.39 is 58.6 Å². The molecule has 12 nitrogen and oxygen atoms in total. The van der Waals surface area contributed by atoms with Crippen LogP contribution in [0.4, 0.5) is 9.59 Å². The summed E-state index contributed by atoms with van der Waals surface area (Å²) >= 11 is 0. The summed E-state index contributed by atoms with van der Waals surface area (Å²) in [5, 5.41) is 22.0. The van der Waals surface area contributed by atoms with E-state index in [-0.39, 0.29) is 25.0 Å². The van der Waals surface area contributed by atoms with E-state index in [9.17, 15) is 24.3 Å². The van der Waals surface area contributed by atoms with Gasteiger partial charge in [0, 0.05) is 25.0 Å². The van der Waals surface area contributed by atoms with Gasteiger partial charge in [-0.15, -0.1) is 0 Å². The molecule has 0 aliphatic heterocycles. The highest BCUT2D eigenvalue weighted by atomic mass is 16.6. The molecular formula is C37H55N5O7. The van der Waals surface area contributed by atoms with Crippen molar-refractivity contribution in [3.63, 3.8) is 0 Å². The first-order chi connectivity index (χ1) is 22.8. The highest BCUT2D eigenvalue weighted by molar-refractivity contribution is 5.86. The topological polar surface area (TPSA) is 158 Å². The number of amides is 4. The molecule has 0 radical (unpaired) electrons. The molecule has 4 amide bonds. The number of alkyl carbamates (subject to hydrolysis) is 2. The SMILES string of the molecule is COC(=O)N[C@H](C(=O)NN(Cc1ccccc1)C[C@H](O)C(Cc1ccccc1)NC(=O)[C@H]1C[C@@H](NC(=O)OC(C)(C)C)C1(C)C)C(C)(C)C. The number of hydrogen-bond acceptors (Lipinski definition) is 8. The fourth-order valence-electron chi connectivity index (χ4n) is 5.88. The Labute approximate surface area is 290 Å². The van der Waals surface area contributed by atoms with E-state index in [4.69, 9.17) is 9.47 Å². The first-order valence-electron chi connectivity index (χ1n) is 16.8. The maximum Gasteiger partial charge on any atom is 0.407 e. The quantitative estimate of drug-likeness (QED) is 0.196. The Morgan fingerprint density at radius 3 is 1.98 bits per heavy atom. The lowest BCUT2D eigenvalue weighted by Crippen LogP contribution is -2.64. The van der Waals surface area contributed by atoms with Crippen LogP contribution in [-0.2, 0) is 32.0 Å². The van der Waals surface area contributed by atoms with Gasteiger partial charge in [0.15, 0.2) is 0 Å². The van der Waals surface area contributed by atoms with Crippen molar-refractivity contribution in [3.8, 4) is 0 Å². The predicted molar refractivity (Wildman–Crippen MR) is 187 cm³/mol. The predicted octanol–water partition coefficient (Wildman–Crippen LogP) is 4.32. The van der Waals surface area contributed by atoms with Gasteiger partial charge in [0.2, 0.25) is 5.91 Å². The van der Waals surface area contributed by atoms with Gasteiger partial charge in [0.1, 0.15) is 11.6 Å². The van der Waals surface area contributed by atoms with Crippen LogP contribution in [0.1, 0.15) is 72.9 Å². The number of nitrogens with zero attached hydrogens (tertiary/aromatic N) is 1. The number of nitrogens with one attached hydrogen (secondary N) is 4. The van der Waals surface area contributed by atoms with Crippen LogP contribution in [0.2, 0.25) is 0 Å². The second-order valence-electron chi connectivity index (χ2n) is 15.5. The van der Waals surface area contributed by atoms with Crippen molar-refractivity contribution in [1.29, 1.82) is 0 Å². The molecule has 1 saturated carbocycles. The van der Waals surface area contributed by atoms with E-state index in [2.05, 4.69) is 21.4 Å². The third-order valence-corrected chi connectivity index (χ3v) is 8.83. The van der Waals surface area contributed by atoms with Crippen molar-refractivity contribution in [2.45, 2.75) is 105 Å². The van der Waals surface area contributed by atoms with E-state index in [1.807, 2.05) is 95.3 Å². The van der Waals surface area contributed by atoms with Gasteiger partial charge < -0.3 is 30.5 Å². The first kappa shape index (κ1) is 39.3. The van der Waals surface area contributed by atoms with Crippen LogP contribution in [0.15, 0.2) is 60.7 Å². The molecule has 1 aliphatic carbocycles. The minimum absolute atomic E-state index is 0.0373. The summed E-state index contributed by atoms with van der Waals surface area (Å²) in [6, 6.07) is 17.1. The van der Waals surface area contributed by atoms with Crippen LogP contribution in [0.3, 0.4) is 0 Å². The summed E-state index contributed by atoms with van der Waals surface area (Å²) in [4.78, 5) is 52.0. The second-order valence-corrected chi connectivity index (χ2v) is 15.5. The maximum atomic E-state index is 13.8. The molecule has 12 heteroatoms. The average molecular weight is 682 g/mol. The third kappa shape index (κ3) is 11.7. The normalized spacial score (nSPS) is 19.0. The molecule has 5 N–H and O–H groups in total. The highest BCUT2D eigenvalue weighted by Crippen LogP contribution is 2.46. The number of rotatable bonds is 13. The number of carbonyl (C=O) groups excluding carboxylic acids is 4. The summed E-state index contributed by atoms with van der Waals surface area (Å²) in [5.74, 6) is -1.14. The van der Waals surface area contributed by atoms with Gasteiger partial charge in [0.25, 0.3) is 5.91 Å². The smallest absolute Gasteiger partial charge is 0.407 e. The van der Waals surface area contributed by atoms with E-state index in [1.165, 1.54) is 7.11 Å². The number of carbonyl (C=O) groups is 4. The van der Waals surface area contributed by atoms with Crippen molar-refractivity contribution < 1.29 is 33.8 Å². The van der Waals surface area contributed by atoms with Gasteiger partial charge >= 0.3 is 12.2 Å². The van der Waals surface area contributed by atoms with Gasteiger partial charge in [-0.25, -0.2) is 14.6 Å². The van der Waals surface area contributed by atoms with Gasteiger partial charge in [-0.3, -0.25) is 15.0 Å². The third-order valence-electron chi connectivity index (χ3n) is 8.83. The zero-order valence-corrected chi connectivity index (χ0v) is 30.3. The summed E-state index contributed by atoms with van der Waals surface area (Å²) in [5.41, 5.74) is 2.83. The zero-order valence-electron chi connectivity index (χ0n) is 30.3. The van der Waals surface area contributed by atoms with E-state index >= 15 is 0 Å². The van der Waals surface area contributed by atoms with Crippen LogP contribution in [0.25, 0.3) is 0 Å². The fraction of sp³-hybridized carbons (Fsp3) is 0.568. The van der Waals surface area contributed by atoms with Crippen LogP contribution < -0.4 is 21.4 Å². The number of hydrazine groups is 1. The standard InChI is InChI=1S/C37H55N5O7/c1-35(2,3)30(40-33(46)48-9)32(45)41-42(22-25-18-14-11-15-19-25)23-28(43)27(20-24-16-12-10-13-17-24)38-31(44)26-21-29(37(26,7)8)39-34(47)49-36(4,5)6/h10-19,26-30,43H,20-23H2,1-9H3,(H,38,44)(H,39,47)(H,40,46)(H,41,45)/t26-,27?,28+,29-,30-/m1/s1. The van der Waals surface area contributed by atoms with Crippen molar-refractivity contribution >= 4 is 24.0 Å². The largest absolute Gasteiger partial charge is 0.453 e. The second kappa shape index (κ2) is 16.5. The molecular weight excluding hydrogens is 626 g/mol. The maximum absolute atomic E-state index is 13.8. The number of aliphatic hydroxyl groups is 1. The Morgan fingerprint density at radius 1 is 0.898 bits per heavy atom. The molecule has 1 aliphatic rings. The average Bonchev–Trinajstić information content (AvgIpc) is 3.00. The van der Waals surface area contributed by atoms with Crippen molar-refractivity contribution in [2.24, 2.45) is 16.7 Å². The molecule has 3 rings (SSSR count). The molecule has 0 spiro atoms. The molecule has 0 saturated heterocycles. The lowest BCUT2D eigenvalue weighted by atomic mass is 9.58. The van der Waals surface area contributed by atoms with Gasteiger partial charge in [-0.2, -0.15) is 0 Å². The molecule has 49 heavy (non-hydrogen) atoms.